The number of ether oxygens (including phenoxy) is 2. The van der Waals surface area contributed by atoms with Gasteiger partial charge in [-0.2, -0.15) is 0 Å². The maximum atomic E-state index is 11.7. The largest absolute Gasteiger partial charge is 0.497 e. The Bertz CT molecular complexity index is 1100. The maximum Gasteiger partial charge on any atom is 0.308 e. The second-order valence-electron chi connectivity index (χ2n) is 5.77. The van der Waals surface area contributed by atoms with Crippen molar-refractivity contribution in [1.82, 2.24) is 0 Å². The van der Waals surface area contributed by atoms with Crippen LogP contribution in [-0.2, 0) is 4.79 Å². The van der Waals surface area contributed by atoms with Gasteiger partial charge < -0.3 is 9.47 Å². The number of hydrogen-bond donors (Lipinski definition) is 0. The van der Waals surface area contributed by atoms with Crippen LogP contribution < -0.4 is 9.47 Å². The predicted octanol–water partition coefficient (Wildman–Crippen LogP) is 5.08. The predicted molar refractivity (Wildman–Crippen MR) is 96.8 cm³/mol. The molecule has 3 heteroatoms. The van der Waals surface area contributed by atoms with E-state index in [1.807, 2.05) is 42.5 Å². The van der Waals surface area contributed by atoms with E-state index in [0.717, 1.165) is 38.1 Å². The molecule has 0 bridgehead atoms. The fourth-order valence-corrected chi connectivity index (χ4v) is 3.21. The van der Waals surface area contributed by atoms with Crippen LogP contribution in [0.5, 0.6) is 11.5 Å². The van der Waals surface area contributed by atoms with Crippen LogP contribution in [0.2, 0.25) is 0 Å². The highest BCUT2D eigenvalue weighted by molar-refractivity contribution is 6.17. The van der Waals surface area contributed by atoms with Crippen LogP contribution >= 0.6 is 0 Å². The number of fused-ring (bicyclic) bond motifs is 4. The summed E-state index contributed by atoms with van der Waals surface area (Å²) in [5.41, 5.74) is 0. The number of esters is 1. The molecule has 0 fully saturated rings. The van der Waals surface area contributed by atoms with Gasteiger partial charge in [-0.05, 0) is 45.8 Å². The van der Waals surface area contributed by atoms with Gasteiger partial charge in [0.05, 0.1) is 7.11 Å². The molecule has 0 heterocycles. The van der Waals surface area contributed by atoms with E-state index >= 15 is 0 Å². The lowest BCUT2D eigenvalue weighted by Crippen LogP contribution is -2.02. The molecule has 0 aromatic heterocycles. The highest BCUT2D eigenvalue weighted by Crippen LogP contribution is 2.40. The summed E-state index contributed by atoms with van der Waals surface area (Å²) in [5.74, 6) is 1.10. The van der Waals surface area contributed by atoms with Crippen LogP contribution in [0.25, 0.3) is 32.3 Å². The molecule has 0 saturated carbocycles. The van der Waals surface area contributed by atoms with Crippen molar-refractivity contribution in [3.05, 3.63) is 60.7 Å². The Morgan fingerprint density at radius 3 is 2.38 bits per heavy atom. The van der Waals surface area contributed by atoms with Crippen molar-refractivity contribution >= 4 is 38.3 Å². The van der Waals surface area contributed by atoms with E-state index in [-0.39, 0.29) is 5.97 Å². The molecule has 0 saturated heterocycles. The minimum Gasteiger partial charge on any atom is -0.497 e. The lowest BCUT2D eigenvalue weighted by molar-refractivity contribution is -0.131. The van der Waals surface area contributed by atoms with E-state index in [2.05, 4.69) is 18.2 Å². The third-order valence-corrected chi connectivity index (χ3v) is 4.25. The number of hydrogen-bond acceptors (Lipinski definition) is 3. The molecule has 4 aromatic rings. The molecule has 0 radical (unpaired) electrons. The summed E-state index contributed by atoms with van der Waals surface area (Å²) in [6.07, 6.45) is 0. The quantitative estimate of drug-likeness (QED) is 0.224. The van der Waals surface area contributed by atoms with Crippen LogP contribution in [0.4, 0.5) is 0 Å². The van der Waals surface area contributed by atoms with Gasteiger partial charge in [0.15, 0.2) is 0 Å². The number of carbonyl (C=O) groups is 1. The van der Waals surface area contributed by atoms with Crippen molar-refractivity contribution in [2.24, 2.45) is 0 Å². The number of carbonyl (C=O) groups excluding carboxylic acids is 1. The van der Waals surface area contributed by atoms with Gasteiger partial charge in [0, 0.05) is 17.7 Å². The summed E-state index contributed by atoms with van der Waals surface area (Å²) in [4.78, 5) is 11.7. The van der Waals surface area contributed by atoms with Gasteiger partial charge in [-0.15, -0.1) is 0 Å². The van der Waals surface area contributed by atoms with E-state index in [4.69, 9.17) is 9.47 Å². The SMILES string of the molecule is COc1ccc2c(ccc3cc4ccccc4c(OC(C)=O)c32)c1. The first kappa shape index (κ1) is 14.5. The van der Waals surface area contributed by atoms with Crippen molar-refractivity contribution in [3.63, 3.8) is 0 Å². The summed E-state index contributed by atoms with van der Waals surface area (Å²) in [5, 5.41) is 6.06. The fraction of sp³-hybridized carbons (Fsp3) is 0.0952. The summed E-state index contributed by atoms with van der Waals surface area (Å²) >= 11 is 0. The Labute approximate surface area is 139 Å². The average Bonchev–Trinajstić information content (AvgIpc) is 2.60. The summed E-state index contributed by atoms with van der Waals surface area (Å²) in [7, 11) is 1.65. The summed E-state index contributed by atoms with van der Waals surface area (Å²) in [6.45, 7) is 1.43. The molecule has 0 unspecified atom stereocenters. The summed E-state index contributed by atoms with van der Waals surface area (Å²) < 4.78 is 10.9. The van der Waals surface area contributed by atoms with Crippen LogP contribution in [-0.4, -0.2) is 13.1 Å². The number of rotatable bonds is 2. The smallest absolute Gasteiger partial charge is 0.308 e. The lowest BCUT2D eigenvalue weighted by atomic mass is 9.97. The minimum atomic E-state index is -0.321. The number of methoxy groups -OCH3 is 1. The van der Waals surface area contributed by atoms with Gasteiger partial charge in [0.2, 0.25) is 0 Å². The molecule has 118 valence electrons. The Morgan fingerprint density at radius 1 is 0.833 bits per heavy atom. The molecule has 0 aliphatic carbocycles. The Morgan fingerprint density at radius 2 is 1.58 bits per heavy atom. The fourth-order valence-electron chi connectivity index (χ4n) is 3.21. The van der Waals surface area contributed by atoms with Gasteiger partial charge >= 0.3 is 5.97 Å². The molecular weight excluding hydrogens is 300 g/mol. The first-order valence-electron chi connectivity index (χ1n) is 7.78. The average molecular weight is 316 g/mol. The van der Waals surface area contributed by atoms with Crippen molar-refractivity contribution in [1.29, 1.82) is 0 Å². The molecule has 0 N–H and O–H groups in total. The molecule has 4 rings (SSSR count). The third kappa shape index (κ3) is 2.26. The second kappa shape index (κ2) is 5.53. The van der Waals surface area contributed by atoms with Crippen LogP contribution in [0.15, 0.2) is 60.7 Å². The van der Waals surface area contributed by atoms with Gasteiger partial charge in [-0.1, -0.05) is 36.4 Å². The molecular formula is C21H16O3. The van der Waals surface area contributed by atoms with Gasteiger partial charge in [-0.3, -0.25) is 4.79 Å². The monoisotopic (exact) mass is 316 g/mol. The molecule has 0 atom stereocenters. The highest BCUT2D eigenvalue weighted by Gasteiger charge is 2.14. The molecule has 3 nitrogen and oxygen atoms in total. The Hall–Kier alpha value is -3.07. The van der Waals surface area contributed by atoms with Crippen molar-refractivity contribution in [2.45, 2.75) is 6.92 Å². The van der Waals surface area contributed by atoms with Crippen LogP contribution in [0, 0.1) is 0 Å². The molecule has 24 heavy (non-hydrogen) atoms. The molecule has 0 aliphatic rings. The molecule has 0 amide bonds. The normalized spacial score (nSPS) is 11.1. The van der Waals surface area contributed by atoms with E-state index in [0.29, 0.717) is 5.75 Å². The molecule has 0 spiro atoms. The highest BCUT2D eigenvalue weighted by atomic mass is 16.5. The van der Waals surface area contributed by atoms with Crippen LogP contribution in [0.1, 0.15) is 6.92 Å². The van der Waals surface area contributed by atoms with Gasteiger partial charge in [0.1, 0.15) is 11.5 Å². The van der Waals surface area contributed by atoms with Crippen molar-refractivity contribution < 1.29 is 14.3 Å². The third-order valence-electron chi connectivity index (χ3n) is 4.25. The zero-order valence-corrected chi connectivity index (χ0v) is 13.5. The van der Waals surface area contributed by atoms with Gasteiger partial charge in [0.25, 0.3) is 0 Å². The maximum absolute atomic E-state index is 11.7. The van der Waals surface area contributed by atoms with Crippen LogP contribution in [0.3, 0.4) is 0 Å². The standard InChI is InChI=1S/C21H16O3/c1-13(22)24-21-19-6-4-3-5-14(19)11-16-8-7-15-12-17(23-2)9-10-18(15)20(16)21/h3-12H,1-2H3. The first-order valence-corrected chi connectivity index (χ1v) is 7.78. The van der Waals surface area contributed by atoms with E-state index in [9.17, 15) is 4.79 Å². The lowest BCUT2D eigenvalue weighted by Gasteiger charge is -2.13. The Kier molecular flexibility index (Phi) is 3.35. The minimum absolute atomic E-state index is 0.321. The van der Waals surface area contributed by atoms with E-state index < -0.39 is 0 Å². The van der Waals surface area contributed by atoms with Crippen molar-refractivity contribution in [2.75, 3.05) is 7.11 Å². The number of benzene rings is 4. The zero-order valence-electron chi connectivity index (χ0n) is 13.5. The van der Waals surface area contributed by atoms with E-state index in [1.54, 1.807) is 7.11 Å². The zero-order chi connectivity index (χ0) is 16.7. The molecule has 0 aliphatic heterocycles. The van der Waals surface area contributed by atoms with Gasteiger partial charge in [-0.25, -0.2) is 0 Å². The topological polar surface area (TPSA) is 35.5 Å². The van der Waals surface area contributed by atoms with E-state index in [1.165, 1.54) is 6.92 Å². The molecule has 4 aromatic carbocycles. The first-order chi connectivity index (χ1) is 11.7. The Balaban J connectivity index is 2.19. The van der Waals surface area contributed by atoms with Crippen molar-refractivity contribution in [3.8, 4) is 11.5 Å². The summed E-state index contributed by atoms with van der Waals surface area (Å²) in [6, 6.07) is 20.1. The second-order valence-corrected chi connectivity index (χ2v) is 5.77.